The van der Waals surface area contributed by atoms with Crippen molar-refractivity contribution in [2.45, 2.75) is 19.4 Å². The lowest BCUT2D eigenvalue weighted by molar-refractivity contribution is -0.145. The summed E-state index contributed by atoms with van der Waals surface area (Å²) in [5.41, 5.74) is 1.00. The number of likely N-dealkylation sites (tertiary alicyclic amines) is 1. The summed E-state index contributed by atoms with van der Waals surface area (Å²) in [6.07, 6.45) is 3.30. The zero-order valence-corrected chi connectivity index (χ0v) is 13.6. The first-order valence-electron chi connectivity index (χ1n) is 7.29. The molecule has 0 unspecified atom stereocenters. The standard InChI is InChI=1S/C16H17BrN2O3/c17-13-3-4-14-11(8-13)5-7-18(14)10-15(20)19-6-1-2-12(9-19)16(21)22/h3-5,7-8,12H,1-2,6,9-10H2,(H,21,22)/t12-/m1/s1. The molecular formula is C16H17BrN2O3. The lowest BCUT2D eigenvalue weighted by Crippen LogP contribution is -2.43. The van der Waals surface area contributed by atoms with Crippen molar-refractivity contribution in [1.29, 1.82) is 0 Å². The number of aliphatic carboxylic acids is 1. The number of amides is 1. The number of fused-ring (bicyclic) bond motifs is 1. The lowest BCUT2D eigenvalue weighted by Gasteiger charge is -2.30. The van der Waals surface area contributed by atoms with Gasteiger partial charge in [0.15, 0.2) is 0 Å². The number of aromatic nitrogens is 1. The molecule has 3 rings (SSSR count). The van der Waals surface area contributed by atoms with Crippen LogP contribution in [0.3, 0.4) is 0 Å². The second-order valence-corrected chi connectivity index (χ2v) is 6.58. The molecule has 1 aromatic heterocycles. The molecule has 1 amide bonds. The average molecular weight is 365 g/mol. The maximum Gasteiger partial charge on any atom is 0.308 e. The van der Waals surface area contributed by atoms with E-state index in [0.29, 0.717) is 19.5 Å². The Bertz CT molecular complexity index is 725. The van der Waals surface area contributed by atoms with Crippen LogP contribution >= 0.6 is 15.9 Å². The molecule has 22 heavy (non-hydrogen) atoms. The Kier molecular flexibility index (Phi) is 4.20. The molecule has 1 fully saturated rings. The SMILES string of the molecule is O=C(O)[C@@H]1CCCN(C(=O)Cn2ccc3cc(Br)ccc32)C1. The van der Waals surface area contributed by atoms with Crippen LogP contribution < -0.4 is 0 Å². The Balaban J connectivity index is 1.74. The normalized spacial score (nSPS) is 18.6. The number of carbonyl (C=O) groups is 2. The van der Waals surface area contributed by atoms with Gasteiger partial charge in [-0.25, -0.2) is 0 Å². The van der Waals surface area contributed by atoms with E-state index < -0.39 is 11.9 Å². The van der Waals surface area contributed by atoms with Gasteiger partial charge in [0.05, 0.1) is 5.92 Å². The van der Waals surface area contributed by atoms with Gasteiger partial charge >= 0.3 is 5.97 Å². The molecule has 1 atom stereocenters. The third kappa shape index (κ3) is 3.02. The number of hydrogen-bond donors (Lipinski definition) is 1. The first-order valence-corrected chi connectivity index (χ1v) is 8.09. The minimum absolute atomic E-state index is 0.0219. The van der Waals surface area contributed by atoms with E-state index in [-0.39, 0.29) is 12.5 Å². The summed E-state index contributed by atoms with van der Waals surface area (Å²) in [5, 5.41) is 10.2. The molecule has 0 saturated carbocycles. The Morgan fingerprint density at radius 2 is 2.14 bits per heavy atom. The van der Waals surface area contributed by atoms with Crippen LogP contribution in [0.5, 0.6) is 0 Å². The number of rotatable bonds is 3. The van der Waals surface area contributed by atoms with E-state index in [1.807, 2.05) is 35.0 Å². The van der Waals surface area contributed by atoms with Crippen molar-refractivity contribution < 1.29 is 14.7 Å². The van der Waals surface area contributed by atoms with Crippen molar-refractivity contribution in [3.63, 3.8) is 0 Å². The molecule has 1 aromatic carbocycles. The quantitative estimate of drug-likeness (QED) is 0.910. The van der Waals surface area contributed by atoms with E-state index in [2.05, 4.69) is 15.9 Å². The molecule has 0 spiro atoms. The Hall–Kier alpha value is -1.82. The minimum atomic E-state index is -0.811. The molecule has 0 aliphatic carbocycles. The summed E-state index contributed by atoms with van der Waals surface area (Å²) >= 11 is 3.44. The van der Waals surface area contributed by atoms with Crippen LogP contribution in [0.4, 0.5) is 0 Å². The van der Waals surface area contributed by atoms with Crippen LogP contribution in [0.2, 0.25) is 0 Å². The Morgan fingerprint density at radius 1 is 1.32 bits per heavy atom. The average Bonchev–Trinajstić information content (AvgIpc) is 2.89. The molecule has 1 aliphatic heterocycles. The van der Waals surface area contributed by atoms with Gasteiger partial charge in [0.2, 0.25) is 5.91 Å². The molecule has 1 saturated heterocycles. The van der Waals surface area contributed by atoms with Gasteiger partial charge in [0.25, 0.3) is 0 Å². The van der Waals surface area contributed by atoms with Gasteiger partial charge in [0.1, 0.15) is 6.54 Å². The van der Waals surface area contributed by atoms with Gasteiger partial charge in [-0.3, -0.25) is 9.59 Å². The van der Waals surface area contributed by atoms with Gasteiger partial charge < -0.3 is 14.6 Å². The molecule has 2 aromatic rings. The van der Waals surface area contributed by atoms with Crippen molar-refractivity contribution >= 4 is 38.7 Å². The zero-order valence-electron chi connectivity index (χ0n) is 12.0. The molecule has 0 radical (unpaired) electrons. The van der Waals surface area contributed by atoms with Gasteiger partial charge in [-0.15, -0.1) is 0 Å². The van der Waals surface area contributed by atoms with Crippen molar-refractivity contribution in [1.82, 2.24) is 9.47 Å². The van der Waals surface area contributed by atoms with E-state index in [0.717, 1.165) is 21.8 Å². The molecule has 2 heterocycles. The fourth-order valence-electron chi connectivity index (χ4n) is 2.96. The molecule has 1 N–H and O–H groups in total. The predicted octanol–water partition coefficient (Wildman–Crippen LogP) is 2.73. The van der Waals surface area contributed by atoms with Crippen LogP contribution in [-0.2, 0) is 16.1 Å². The number of benzene rings is 1. The Morgan fingerprint density at radius 3 is 2.91 bits per heavy atom. The number of hydrogen-bond acceptors (Lipinski definition) is 2. The smallest absolute Gasteiger partial charge is 0.308 e. The summed E-state index contributed by atoms with van der Waals surface area (Å²) in [5.74, 6) is -1.27. The second kappa shape index (κ2) is 6.12. The zero-order chi connectivity index (χ0) is 15.7. The highest BCUT2D eigenvalue weighted by molar-refractivity contribution is 9.10. The largest absolute Gasteiger partial charge is 0.481 e. The highest BCUT2D eigenvalue weighted by atomic mass is 79.9. The van der Waals surface area contributed by atoms with Crippen molar-refractivity contribution in [3.05, 3.63) is 34.9 Å². The van der Waals surface area contributed by atoms with Crippen molar-refractivity contribution in [2.75, 3.05) is 13.1 Å². The third-order valence-electron chi connectivity index (χ3n) is 4.16. The van der Waals surface area contributed by atoms with E-state index in [1.165, 1.54) is 0 Å². The van der Waals surface area contributed by atoms with E-state index in [4.69, 9.17) is 5.11 Å². The summed E-state index contributed by atoms with van der Waals surface area (Å²) in [6, 6.07) is 7.91. The lowest BCUT2D eigenvalue weighted by atomic mass is 9.98. The fraction of sp³-hybridized carbons (Fsp3) is 0.375. The van der Waals surface area contributed by atoms with Crippen LogP contribution in [-0.4, -0.2) is 39.5 Å². The van der Waals surface area contributed by atoms with Crippen molar-refractivity contribution in [2.24, 2.45) is 5.92 Å². The molecule has 6 heteroatoms. The first kappa shape index (κ1) is 15.1. The number of carbonyl (C=O) groups excluding carboxylic acids is 1. The maximum atomic E-state index is 12.4. The predicted molar refractivity (Wildman–Crippen MR) is 86.6 cm³/mol. The van der Waals surface area contributed by atoms with Crippen LogP contribution in [0, 0.1) is 5.92 Å². The van der Waals surface area contributed by atoms with E-state index in [9.17, 15) is 9.59 Å². The first-order chi connectivity index (χ1) is 10.5. The number of carboxylic acids is 1. The molecule has 1 aliphatic rings. The van der Waals surface area contributed by atoms with Gasteiger partial charge in [-0.2, -0.15) is 0 Å². The van der Waals surface area contributed by atoms with Gasteiger partial charge in [0, 0.05) is 34.7 Å². The molecule has 0 bridgehead atoms. The van der Waals surface area contributed by atoms with Gasteiger partial charge in [-0.1, -0.05) is 15.9 Å². The molecular weight excluding hydrogens is 348 g/mol. The summed E-state index contributed by atoms with van der Waals surface area (Å²) < 4.78 is 2.92. The summed E-state index contributed by atoms with van der Waals surface area (Å²) in [7, 11) is 0. The highest BCUT2D eigenvalue weighted by Crippen LogP contribution is 2.22. The van der Waals surface area contributed by atoms with E-state index >= 15 is 0 Å². The van der Waals surface area contributed by atoms with Crippen molar-refractivity contribution in [3.8, 4) is 0 Å². The second-order valence-electron chi connectivity index (χ2n) is 5.66. The number of carboxylic acid groups (broad SMARTS) is 1. The van der Waals surface area contributed by atoms with E-state index in [1.54, 1.807) is 4.90 Å². The third-order valence-corrected chi connectivity index (χ3v) is 4.66. The number of piperidine rings is 1. The minimum Gasteiger partial charge on any atom is -0.481 e. The van der Waals surface area contributed by atoms with Gasteiger partial charge in [-0.05, 0) is 37.1 Å². The highest BCUT2D eigenvalue weighted by Gasteiger charge is 2.28. The number of nitrogens with zero attached hydrogens (tertiary/aromatic N) is 2. The summed E-state index contributed by atoms with van der Waals surface area (Å²) in [4.78, 5) is 25.2. The van der Waals surface area contributed by atoms with Crippen LogP contribution in [0.1, 0.15) is 12.8 Å². The molecule has 5 nitrogen and oxygen atoms in total. The van der Waals surface area contributed by atoms with Crippen LogP contribution in [0.15, 0.2) is 34.9 Å². The summed E-state index contributed by atoms with van der Waals surface area (Å²) in [6.45, 7) is 1.21. The van der Waals surface area contributed by atoms with Crippen LogP contribution in [0.25, 0.3) is 10.9 Å². The topological polar surface area (TPSA) is 62.5 Å². The number of halogens is 1. The Labute approximate surface area is 136 Å². The molecule has 116 valence electrons. The fourth-order valence-corrected chi connectivity index (χ4v) is 3.34. The monoisotopic (exact) mass is 364 g/mol. The maximum absolute atomic E-state index is 12.4.